The first-order valence-electron chi connectivity index (χ1n) is 6.49. The van der Waals surface area contributed by atoms with E-state index in [1.807, 2.05) is 20.8 Å². The number of aryl methyl sites for hydroxylation is 1. The van der Waals surface area contributed by atoms with Gasteiger partial charge in [0, 0.05) is 18.5 Å². The van der Waals surface area contributed by atoms with Crippen LogP contribution >= 0.6 is 0 Å². The number of amides is 1. The molecule has 18 heavy (non-hydrogen) atoms. The van der Waals surface area contributed by atoms with Crippen molar-refractivity contribution in [2.45, 2.75) is 40.3 Å². The third kappa shape index (κ3) is 2.56. The molecular formula is C15H22N2O. The molecule has 0 saturated heterocycles. The Morgan fingerprint density at radius 2 is 2.11 bits per heavy atom. The van der Waals surface area contributed by atoms with Crippen LogP contribution in [0.25, 0.3) is 0 Å². The van der Waals surface area contributed by atoms with Gasteiger partial charge < -0.3 is 10.6 Å². The Kier molecular flexibility index (Phi) is 3.44. The van der Waals surface area contributed by atoms with Crippen molar-refractivity contribution in [3.8, 4) is 0 Å². The SMILES string of the molecule is Cc1cccc2c1C(NC(=O)C(C)(C)C)CNC2. The molecule has 1 aliphatic heterocycles. The van der Waals surface area contributed by atoms with Gasteiger partial charge in [-0.3, -0.25) is 4.79 Å². The summed E-state index contributed by atoms with van der Waals surface area (Å²) in [7, 11) is 0. The number of rotatable bonds is 1. The second-order valence-corrected chi connectivity index (χ2v) is 6.05. The van der Waals surface area contributed by atoms with E-state index in [9.17, 15) is 4.79 Å². The summed E-state index contributed by atoms with van der Waals surface area (Å²) in [6.45, 7) is 9.63. The molecule has 2 N–H and O–H groups in total. The van der Waals surface area contributed by atoms with Crippen LogP contribution in [-0.4, -0.2) is 12.5 Å². The molecule has 3 nitrogen and oxygen atoms in total. The van der Waals surface area contributed by atoms with E-state index in [4.69, 9.17) is 0 Å². The topological polar surface area (TPSA) is 41.1 Å². The van der Waals surface area contributed by atoms with Crippen LogP contribution < -0.4 is 10.6 Å². The second kappa shape index (κ2) is 4.73. The number of hydrogen-bond acceptors (Lipinski definition) is 2. The highest BCUT2D eigenvalue weighted by atomic mass is 16.2. The van der Waals surface area contributed by atoms with Crippen LogP contribution in [0.1, 0.15) is 43.5 Å². The summed E-state index contributed by atoms with van der Waals surface area (Å²) in [4.78, 5) is 12.1. The molecule has 0 saturated carbocycles. The lowest BCUT2D eigenvalue weighted by atomic mass is 9.90. The Morgan fingerprint density at radius 1 is 1.39 bits per heavy atom. The van der Waals surface area contributed by atoms with Crippen LogP contribution in [0.2, 0.25) is 0 Å². The summed E-state index contributed by atoms with van der Waals surface area (Å²) in [5.74, 6) is 0.102. The van der Waals surface area contributed by atoms with Gasteiger partial charge in [-0.25, -0.2) is 0 Å². The fourth-order valence-electron chi connectivity index (χ4n) is 2.35. The molecule has 0 fully saturated rings. The standard InChI is InChI=1S/C15H22N2O/c1-10-6-5-7-11-8-16-9-12(13(10)11)17-14(18)15(2,3)4/h5-7,12,16H,8-9H2,1-4H3,(H,17,18). The van der Waals surface area contributed by atoms with Crippen LogP contribution in [0.5, 0.6) is 0 Å². The summed E-state index contributed by atoms with van der Waals surface area (Å²) < 4.78 is 0. The van der Waals surface area contributed by atoms with Crippen LogP contribution in [-0.2, 0) is 11.3 Å². The molecule has 0 aromatic heterocycles. The van der Waals surface area contributed by atoms with Gasteiger partial charge in [0.05, 0.1) is 6.04 Å². The zero-order valence-corrected chi connectivity index (χ0v) is 11.6. The maximum absolute atomic E-state index is 12.1. The minimum Gasteiger partial charge on any atom is -0.348 e. The minimum absolute atomic E-state index is 0.0849. The van der Waals surface area contributed by atoms with E-state index in [2.05, 4.69) is 35.8 Å². The van der Waals surface area contributed by atoms with Crippen molar-refractivity contribution in [3.05, 3.63) is 34.9 Å². The monoisotopic (exact) mass is 246 g/mol. The lowest BCUT2D eigenvalue weighted by Gasteiger charge is -2.31. The van der Waals surface area contributed by atoms with Crippen molar-refractivity contribution in [1.82, 2.24) is 10.6 Å². The summed E-state index contributed by atoms with van der Waals surface area (Å²) >= 11 is 0. The maximum Gasteiger partial charge on any atom is 0.225 e. The van der Waals surface area contributed by atoms with Gasteiger partial charge in [-0.05, 0) is 23.6 Å². The number of fused-ring (bicyclic) bond motifs is 1. The van der Waals surface area contributed by atoms with Crippen molar-refractivity contribution < 1.29 is 4.79 Å². The molecule has 1 aromatic carbocycles. The Bertz CT molecular complexity index is 460. The van der Waals surface area contributed by atoms with Crippen LogP contribution in [0.3, 0.4) is 0 Å². The van der Waals surface area contributed by atoms with Gasteiger partial charge in [-0.2, -0.15) is 0 Å². The van der Waals surface area contributed by atoms with Gasteiger partial charge in [-0.1, -0.05) is 39.0 Å². The first kappa shape index (κ1) is 13.1. The van der Waals surface area contributed by atoms with Crippen molar-refractivity contribution in [1.29, 1.82) is 0 Å². The van der Waals surface area contributed by atoms with Gasteiger partial charge in [0.1, 0.15) is 0 Å². The molecule has 1 aliphatic rings. The highest BCUT2D eigenvalue weighted by molar-refractivity contribution is 5.81. The summed E-state index contributed by atoms with van der Waals surface area (Å²) in [6, 6.07) is 6.40. The fourth-order valence-corrected chi connectivity index (χ4v) is 2.35. The zero-order valence-electron chi connectivity index (χ0n) is 11.6. The largest absolute Gasteiger partial charge is 0.348 e. The molecule has 1 aromatic rings. The molecule has 1 unspecified atom stereocenters. The number of hydrogen-bond donors (Lipinski definition) is 2. The normalized spacial score (nSPS) is 19.2. The molecule has 2 rings (SSSR count). The number of carbonyl (C=O) groups excluding carboxylic acids is 1. The maximum atomic E-state index is 12.1. The summed E-state index contributed by atoms with van der Waals surface area (Å²) in [6.07, 6.45) is 0. The number of carbonyl (C=O) groups is 1. The van der Waals surface area contributed by atoms with Gasteiger partial charge in [-0.15, -0.1) is 0 Å². The smallest absolute Gasteiger partial charge is 0.225 e. The summed E-state index contributed by atoms with van der Waals surface area (Å²) in [5.41, 5.74) is 3.49. The number of nitrogens with one attached hydrogen (secondary N) is 2. The Hall–Kier alpha value is -1.35. The predicted octanol–water partition coefficient (Wildman–Crippen LogP) is 2.30. The third-order valence-electron chi connectivity index (χ3n) is 3.41. The lowest BCUT2D eigenvalue weighted by molar-refractivity contribution is -0.129. The minimum atomic E-state index is -0.347. The fraction of sp³-hybridized carbons (Fsp3) is 0.533. The van der Waals surface area contributed by atoms with E-state index in [1.165, 1.54) is 16.7 Å². The van der Waals surface area contributed by atoms with Crippen LogP contribution in [0, 0.1) is 12.3 Å². The van der Waals surface area contributed by atoms with E-state index in [1.54, 1.807) is 0 Å². The Labute approximate surface area is 109 Å². The second-order valence-electron chi connectivity index (χ2n) is 6.05. The van der Waals surface area contributed by atoms with Crippen LogP contribution in [0.4, 0.5) is 0 Å². The number of benzene rings is 1. The van der Waals surface area contributed by atoms with Crippen molar-refractivity contribution in [2.24, 2.45) is 5.41 Å². The molecule has 0 bridgehead atoms. The van der Waals surface area contributed by atoms with E-state index in [0.29, 0.717) is 0 Å². The first-order valence-corrected chi connectivity index (χ1v) is 6.49. The van der Waals surface area contributed by atoms with Gasteiger partial charge in [0.2, 0.25) is 5.91 Å². The zero-order chi connectivity index (χ0) is 13.3. The van der Waals surface area contributed by atoms with E-state index in [-0.39, 0.29) is 17.4 Å². The van der Waals surface area contributed by atoms with Crippen molar-refractivity contribution >= 4 is 5.91 Å². The highest BCUT2D eigenvalue weighted by Crippen LogP contribution is 2.26. The molecule has 0 spiro atoms. The van der Waals surface area contributed by atoms with Crippen molar-refractivity contribution in [3.63, 3.8) is 0 Å². The Balaban J connectivity index is 2.26. The van der Waals surface area contributed by atoms with E-state index < -0.39 is 0 Å². The van der Waals surface area contributed by atoms with Gasteiger partial charge in [0.25, 0.3) is 0 Å². The molecule has 98 valence electrons. The van der Waals surface area contributed by atoms with Crippen molar-refractivity contribution in [2.75, 3.05) is 6.54 Å². The average Bonchev–Trinajstić information content (AvgIpc) is 2.28. The summed E-state index contributed by atoms with van der Waals surface area (Å²) in [5, 5.41) is 6.51. The molecular weight excluding hydrogens is 224 g/mol. The third-order valence-corrected chi connectivity index (χ3v) is 3.41. The quantitative estimate of drug-likeness (QED) is 0.798. The molecule has 1 amide bonds. The molecule has 0 radical (unpaired) electrons. The van der Waals surface area contributed by atoms with Gasteiger partial charge in [0.15, 0.2) is 0 Å². The molecule has 0 aliphatic carbocycles. The molecule has 1 heterocycles. The molecule has 3 heteroatoms. The average molecular weight is 246 g/mol. The highest BCUT2D eigenvalue weighted by Gasteiger charge is 2.28. The Morgan fingerprint density at radius 3 is 2.78 bits per heavy atom. The lowest BCUT2D eigenvalue weighted by Crippen LogP contribution is -2.43. The van der Waals surface area contributed by atoms with E-state index >= 15 is 0 Å². The van der Waals surface area contributed by atoms with E-state index in [0.717, 1.165) is 13.1 Å². The van der Waals surface area contributed by atoms with Crippen LogP contribution in [0.15, 0.2) is 18.2 Å². The first-order chi connectivity index (χ1) is 8.39. The predicted molar refractivity (Wildman–Crippen MR) is 73.2 cm³/mol. The molecule has 1 atom stereocenters. The van der Waals surface area contributed by atoms with Gasteiger partial charge >= 0.3 is 0 Å².